The molecule has 0 amide bonds. The Morgan fingerprint density at radius 2 is 1.96 bits per heavy atom. The fraction of sp³-hybridized carbons (Fsp3) is 0.526. The lowest BCUT2D eigenvalue weighted by atomic mass is 10.1. The van der Waals surface area contributed by atoms with Crippen LogP contribution in [0.4, 0.5) is 0 Å². The second-order valence-electron chi connectivity index (χ2n) is 6.74. The number of hydrogen-bond acceptors (Lipinski definition) is 6. The van der Waals surface area contributed by atoms with Crippen LogP contribution in [0.5, 0.6) is 5.75 Å². The molecule has 0 saturated heterocycles. The molecule has 0 N–H and O–H groups in total. The molecule has 0 bridgehead atoms. The molecule has 1 aliphatic heterocycles. The summed E-state index contributed by atoms with van der Waals surface area (Å²) in [5.41, 5.74) is 2.42. The van der Waals surface area contributed by atoms with Crippen molar-refractivity contribution in [3.05, 3.63) is 40.8 Å². The van der Waals surface area contributed by atoms with Gasteiger partial charge in [-0.15, -0.1) is 0 Å². The Hall–Kier alpha value is -1.90. The fourth-order valence-electron chi connectivity index (χ4n) is 3.40. The molecule has 1 aliphatic rings. The molecule has 2 heterocycles. The van der Waals surface area contributed by atoms with E-state index >= 15 is 0 Å². The van der Waals surface area contributed by atoms with Crippen molar-refractivity contribution in [2.75, 3.05) is 26.2 Å². The summed E-state index contributed by atoms with van der Waals surface area (Å²) in [4.78, 5) is 2.47. The molecule has 0 spiro atoms. The highest BCUT2D eigenvalue weighted by atomic mass is 32.2. The normalized spacial score (nSPS) is 15.4. The van der Waals surface area contributed by atoms with E-state index in [1.807, 2.05) is 6.07 Å². The zero-order chi connectivity index (χ0) is 19.6. The van der Waals surface area contributed by atoms with Crippen molar-refractivity contribution in [2.24, 2.45) is 0 Å². The zero-order valence-corrected chi connectivity index (χ0v) is 17.2. The van der Waals surface area contributed by atoms with E-state index in [1.165, 1.54) is 4.31 Å². The highest BCUT2D eigenvalue weighted by Gasteiger charge is 2.32. The summed E-state index contributed by atoms with van der Waals surface area (Å²) in [6.45, 7) is 11.2. The lowest BCUT2D eigenvalue weighted by Gasteiger charge is -2.20. The zero-order valence-electron chi connectivity index (χ0n) is 16.4. The Balaban J connectivity index is 1.91. The molecule has 2 aromatic rings. The summed E-state index contributed by atoms with van der Waals surface area (Å²) in [5.74, 6) is 1.06. The SMILES string of the molecule is CCN(CC)Cc1ccc2c(c1)CN(S(=O)(=O)c1c(C)noc1C)CCO2. The van der Waals surface area contributed by atoms with Gasteiger partial charge < -0.3 is 9.26 Å². The minimum atomic E-state index is -3.70. The second-order valence-corrected chi connectivity index (χ2v) is 8.62. The van der Waals surface area contributed by atoms with Crippen molar-refractivity contribution in [3.8, 4) is 5.75 Å². The number of fused-ring (bicyclic) bond motifs is 1. The van der Waals surface area contributed by atoms with Crippen molar-refractivity contribution in [1.82, 2.24) is 14.4 Å². The molecule has 0 radical (unpaired) electrons. The van der Waals surface area contributed by atoms with E-state index in [4.69, 9.17) is 9.26 Å². The maximum absolute atomic E-state index is 13.2. The summed E-state index contributed by atoms with van der Waals surface area (Å²) in [6.07, 6.45) is 0. The van der Waals surface area contributed by atoms with E-state index in [-0.39, 0.29) is 18.0 Å². The van der Waals surface area contributed by atoms with Crippen LogP contribution in [0.25, 0.3) is 0 Å². The highest BCUT2D eigenvalue weighted by molar-refractivity contribution is 7.89. The predicted molar refractivity (Wildman–Crippen MR) is 102 cm³/mol. The second kappa shape index (κ2) is 8.00. The van der Waals surface area contributed by atoms with Gasteiger partial charge in [-0.2, -0.15) is 4.31 Å². The molecule has 0 unspecified atom stereocenters. The molecule has 0 aliphatic carbocycles. The van der Waals surface area contributed by atoms with Gasteiger partial charge in [-0.1, -0.05) is 25.1 Å². The number of aryl methyl sites for hydroxylation is 2. The molecular formula is C19H27N3O4S. The predicted octanol–water partition coefficient (Wildman–Crippen LogP) is 2.72. The molecule has 0 fully saturated rings. The summed E-state index contributed by atoms with van der Waals surface area (Å²) in [6, 6.07) is 6.05. The summed E-state index contributed by atoms with van der Waals surface area (Å²) >= 11 is 0. The Kier molecular flexibility index (Phi) is 5.88. The van der Waals surface area contributed by atoms with Crippen molar-refractivity contribution >= 4 is 10.0 Å². The van der Waals surface area contributed by atoms with Gasteiger partial charge in [0.2, 0.25) is 10.0 Å². The first-order chi connectivity index (χ1) is 12.9. The highest BCUT2D eigenvalue weighted by Crippen LogP contribution is 2.30. The molecule has 1 aromatic carbocycles. The molecule has 7 nitrogen and oxygen atoms in total. The summed E-state index contributed by atoms with van der Waals surface area (Å²) in [5, 5.41) is 3.79. The molecule has 27 heavy (non-hydrogen) atoms. The monoisotopic (exact) mass is 393 g/mol. The van der Waals surface area contributed by atoms with Gasteiger partial charge in [-0.25, -0.2) is 8.42 Å². The van der Waals surface area contributed by atoms with E-state index in [0.717, 1.165) is 36.5 Å². The third-order valence-corrected chi connectivity index (χ3v) is 7.03. The minimum absolute atomic E-state index is 0.158. The van der Waals surface area contributed by atoms with Gasteiger partial charge in [-0.3, -0.25) is 4.90 Å². The number of hydrogen-bond donors (Lipinski definition) is 0. The first kappa shape index (κ1) is 19.9. The van der Waals surface area contributed by atoms with Crippen LogP contribution >= 0.6 is 0 Å². The summed E-state index contributed by atoms with van der Waals surface area (Å²) < 4.78 is 38.7. The Morgan fingerprint density at radius 1 is 1.22 bits per heavy atom. The van der Waals surface area contributed by atoms with Crippen molar-refractivity contribution in [1.29, 1.82) is 0 Å². The average molecular weight is 394 g/mol. The average Bonchev–Trinajstić information content (AvgIpc) is 2.86. The van der Waals surface area contributed by atoms with Crippen LogP contribution in [-0.2, 0) is 23.1 Å². The van der Waals surface area contributed by atoms with Gasteiger partial charge in [0.1, 0.15) is 22.9 Å². The van der Waals surface area contributed by atoms with Crippen molar-refractivity contribution in [2.45, 2.75) is 45.7 Å². The molecule has 8 heteroatoms. The van der Waals surface area contributed by atoms with Crippen LogP contribution in [-0.4, -0.2) is 49.0 Å². The van der Waals surface area contributed by atoms with E-state index in [9.17, 15) is 8.42 Å². The van der Waals surface area contributed by atoms with Crippen molar-refractivity contribution < 1.29 is 17.7 Å². The van der Waals surface area contributed by atoms with Gasteiger partial charge in [-0.05, 0) is 44.6 Å². The Bertz CT molecular complexity index is 884. The largest absolute Gasteiger partial charge is 0.492 e. The molecular weight excluding hydrogens is 366 g/mol. The summed E-state index contributed by atoms with van der Waals surface area (Å²) in [7, 11) is -3.70. The number of benzene rings is 1. The molecule has 1 aromatic heterocycles. The number of nitrogens with zero attached hydrogens (tertiary/aromatic N) is 3. The van der Waals surface area contributed by atoms with E-state index in [1.54, 1.807) is 13.8 Å². The van der Waals surface area contributed by atoms with Gasteiger partial charge in [0.25, 0.3) is 0 Å². The van der Waals surface area contributed by atoms with E-state index in [0.29, 0.717) is 18.1 Å². The third-order valence-electron chi connectivity index (χ3n) is 4.94. The molecule has 3 rings (SSSR count). The minimum Gasteiger partial charge on any atom is -0.492 e. The number of ether oxygens (including phenoxy) is 1. The first-order valence-electron chi connectivity index (χ1n) is 9.26. The Morgan fingerprint density at radius 3 is 2.59 bits per heavy atom. The van der Waals surface area contributed by atoms with E-state index in [2.05, 4.69) is 36.0 Å². The lowest BCUT2D eigenvalue weighted by molar-refractivity contribution is 0.291. The third kappa shape index (κ3) is 4.02. The molecule has 0 saturated carbocycles. The number of aromatic nitrogens is 1. The Labute approximate surface area is 160 Å². The van der Waals surface area contributed by atoms with Crippen LogP contribution in [0, 0.1) is 13.8 Å². The standard InChI is InChI=1S/C19H27N3O4S/c1-5-21(6-2)12-16-7-8-18-17(11-16)13-22(9-10-25-18)27(23,24)19-14(3)20-26-15(19)4/h7-8,11H,5-6,9-10,12-13H2,1-4H3. The number of rotatable bonds is 6. The van der Waals surface area contributed by atoms with Crippen molar-refractivity contribution in [3.63, 3.8) is 0 Å². The topological polar surface area (TPSA) is 75.9 Å². The van der Waals surface area contributed by atoms with Crippen LogP contribution in [0.1, 0.15) is 36.4 Å². The van der Waals surface area contributed by atoms with Gasteiger partial charge in [0.05, 0.1) is 0 Å². The quantitative estimate of drug-likeness (QED) is 0.751. The maximum Gasteiger partial charge on any atom is 0.248 e. The van der Waals surface area contributed by atoms with E-state index < -0.39 is 10.0 Å². The van der Waals surface area contributed by atoms with Gasteiger partial charge in [0, 0.05) is 25.2 Å². The fourth-order valence-corrected chi connectivity index (χ4v) is 5.10. The maximum atomic E-state index is 13.2. The molecule has 0 atom stereocenters. The lowest BCUT2D eigenvalue weighted by Crippen LogP contribution is -2.33. The number of sulfonamides is 1. The van der Waals surface area contributed by atoms with Gasteiger partial charge in [0.15, 0.2) is 5.76 Å². The first-order valence-corrected chi connectivity index (χ1v) is 10.7. The van der Waals surface area contributed by atoms with Crippen LogP contribution in [0.3, 0.4) is 0 Å². The smallest absolute Gasteiger partial charge is 0.248 e. The molecule has 148 valence electrons. The van der Waals surface area contributed by atoms with Crippen LogP contribution < -0.4 is 4.74 Å². The van der Waals surface area contributed by atoms with Crippen LogP contribution in [0.15, 0.2) is 27.6 Å². The van der Waals surface area contributed by atoms with Crippen LogP contribution in [0.2, 0.25) is 0 Å². The van der Waals surface area contributed by atoms with Gasteiger partial charge >= 0.3 is 0 Å².